The highest BCUT2D eigenvalue weighted by atomic mass is 28.4. The summed E-state index contributed by atoms with van der Waals surface area (Å²) >= 11 is 0. The molecule has 0 aliphatic carbocycles. The van der Waals surface area contributed by atoms with Gasteiger partial charge in [0.25, 0.3) is 11.9 Å². The maximum Gasteiger partial charge on any atom is 0.292 e. The first-order chi connectivity index (χ1) is 50.1. The summed E-state index contributed by atoms with van der Waals surface area (Å²) in [6.45, 7) is 120. The van der Waals surface area contributed by atoms with E-state index in [0.29, 0.717) is 12.8 Å². The van der Waals surface area contributed by atoms with Gasteiger partial charge in [-0.1, -0.05) is 210 Å². The van der Waals surface area contributed by atoms with Crippen LogP contribution in [0.2, 0.25) is 215 Å². The number of hydrogen-bond acceptors (Lipinski definition) is 12. The van der Waals surface area contributed by atoms with Gasteiger partial charge >= 0.3 is 0 Å². The molecule has 682 valence electrons. The minimum absolute atomic E-state index is 0.0196. The number of carbonyl (C=O) groups is 2. The molecule has 0 rings (SSSR count). The second-order valence-corrected chi connectivity index (χ2v) is 105. The van der Waals surface area contributed by atoms with Gasteiger partial charge < -0.3 is 44.3 Å². The molecule has 12 nitrogen and oxygen atoms in total. The van der Waals surface area contributed by atoms with Gasteiger partial charge in [-0.05, 0) is 279 Å². The fourth-order valence-electron chi connectivity index (χ4n) is 16.6. The van der Waals surface area contributed by atoms with Crippen molar-refractivity contribution in [2.24, 2.45) is 0 Å². The molecule has 0 spiro atoms. The van der Waals surface area contributed by atoms with Crippen LogP contribution in [0.1, 0.15) is 307 Å². The van der Waals surface area contributed by atoms with Crippen LogP contribution in [0.25, 0.3) is 0 Å². The topological polar surface area (TPSA) is 126 Å². The highest BCUT2D eigenvalue weighted by Gasteiger charge is 2.66. The maximum absolute atomic E-state index is 12.4. The zero-order chi connectivity index (χ0) is 90.6. The van der Waals surface area contributed by atoms with E-state index in [-0.39, 0.29) is 42.5 Å². The van der Waals surface area contributed by atoms with E-state index in [0.717, 1.165) is 94.8 Å². The highest BCUT2D eigenvalue weighted by Crippen LogP contribution is 2.62. The second kappa shape index (κ2) is 41.8. The molecule has 24 heteroatoms. The lowest BCUT2D eigenvalue weighted by Crippen LogP contribution is -2.68. The molecular weight excluding hydrogens is 1610 g/mol. The molecule has 0 bridgehead atoms. The van der Waals surface area contributed by atoms with Crippen molar-refractivity contribution in [2.75, 3.05) is 0 Å². The van der Waals surface area contributed by atoms with Gasteiger partial charge in [-0.2, -0.15) is 0 Å². The van der Waals surface area contributed by atoms with Crippen LogP contribution in [0.15, 0.2) is 0 Å². The number of unbranched alkanes of at least 4 members (excludes halogenated alkanes) is 17. The molecule has 0 aliphatic rings. The van der Waals surface area contributed by atoms with Crippen LogP contribution in [0, 0.1) is 0 Å². The summed E-state index contributed by atoms with van der Waals surface area (Å²) in [7, 11) is -27.4. The van der Waals surface area contributed by atoms with Gasteiger partial charge in [0, 0.05) is 43.4 Å². The first-order valence-corrected chi connectivity index (χ1v) is 83.0. The average Bonchev–Trinajstić information content (AvgIpc) is 0.727. The van der Waals surface area contributed by atoms with Crippen molar-refractivity contribution in [2.45, 2.75) is 565 Å². The molecule has 0 aromatic carbocycles. The SMILES string of the molecule is CC(C)(O[Si](C)(CCCCCC[Si](C)(OC(C)(C)C(C)(C)[Si](C)(CCCCCCCCCCC(=O)O[Si](C)(C)C)OC(C)(C)[Si](C)(C)C)C(C)(C)C(C)(C)O[Si](C)(C)C(C)(C)O[Si](C)(C)C)C(C)(C)C(C)(C)O[Si](C)(CCCCCCCCCCC(=O)O[Si](C)(C)C)C(C)(C)O[Si](C)(C)C)C(C)(C)[Si](C)(C)OC(C)(C)[Si](C)(C)C. The summed E-state index contributed by atoms with van der Waals surface area (Å²) in [5.74, 6) is -0.0417. The average molecular weight is 1810 g/mol. The molecule has 0 heterocycles. The Morgan fingerprint density at radius 2 is 0.421 bits per heavy atom. The van der Waals surface area contributed by atoms with Crippen LogP contribution in [0.4, 0.5) is 0 Å². The lowest BCUT2D eigenvalue weighted by molar-refractivity contribution is -0.136. The Labute approximate surface area is 724 Å². The number of hydrogen-bond donors (Lipinski definition) is 0. The standard InChI is InChI=1S/C90H202O12Si12/c1-79(2,83(9,10)109(43,44)101-87(17,18)103(25,26)27)96-112(48,85(13,14)82(7,8)98-114(50,90(23,24)100-108(40,41)42)76-70-62-58-54-52-56-60-66-72-78(92)94-106(34,35)36)74-69-64-63-68-73-111(47,84(11,12)80(3,4)95-110(45,46)89(21,22)99-107(37,38)39)97-81(5,6)86(15,16)113(49,102-88(19,20)104(28,29)30)75-67-61-57-53-51-55-59-65-71-77(91)93-105(31,32)33/h51-76H2,1-50H3. The number of rotatable bonds is 59. The van der Waals surface area contributed by atoms with Gasteiger partial charge in [0.2, 0.25) is 33.3 Å². The summed E-state index contributed by atoms with van der Waals surface area (Å²) in [5.41, 5.74) is -2.20. The first-order valence-electron chi connectivity index (χ1n) is 46.1. The summed E-state index contributed by atoms with van der Waals surface area (Å²) in [6.07, 6.45) is 23.6. The third-order valence-corrected chi connectivity index (χ3v) is 72.6. The summed E-state index contributed by atoms with van der Waals surface area (Å²) < 4.78 is 74.6. The molecule has 0 aromatic heterocycles. The smallest absolute Gasteiger partial charge is 0.292 e. The highest BCUT2D eigenvalue weighted by molar-refractivity contribution is 6.84. The van der Waals surface area contributed by atoms with E-state index in [4.69, 9.17) is 44.3 Å². The Kier molecular flexibility index (Phi) is 42.2. The Morgan fingerprint density at radius 3 is 0.693 bits per heavy atom. The molecule has 0 amide bonds. The fraction of sp³-hybridized carbons (Fsp3) is 0.978. The molecule has 0 N–H and O–H groups in total. The van der Waals surface area contributed by atoms with E-state index in [9.17, 15) is 9.59 Å². The lowest BCUT2D eigenvalue weighted by Gasteiger charge is -2.61. The van der Waals surface area contributed by atoms with Crippen molar-refractivity contribution >= 4 is 111 Å². The first kappa shape index (κ1) is 115. The van der Waals surface area contributed by atoms with E-state index >= 15 is 0 Å². The summed E-state index contributed by atoms with van der Waals surface area (Å²) in [4.78, 5) is 24.9. The molecule has 0 aromatic rings. The lowest BCUT2D eigenvalue weighted by atomic mass is 9.93. The van der Waals surface area contributed by atoms with Crippen molar-refractivity contribution in [3.63, 3.8) is 0 Å². The summed E-state index contributed by atoms with van der Waals surface area (Å²) in [6, 6.07) is 4.14. The fourth-order valence-corrected chi connectivity index (χ4v) is 50.9. The van der Waals surface area contributed by atoms with Crippen LogP contribution in [-0.4, -0.2) is 155 Å². The quantitative estimate of drug-likeness (QED) is 0.0425. The van der Waals surface area contributed by atoms with Crippen molar-refractivity contribution in [1.82, 2.24) is 0 Å². The van der Waals surface area contributed by atoms with Crippen LogP contribution in [-0.2, 0) is 53.8 Å². The van der Waals surface area contributed by atoms with E-state index in [2.05, 4.69) is 336 Å². The molecule has 4 unspecified atom stereocenters. The Hall–Kier alpha value is 1.22. The minimum atomic E-state index is -2.89. The summed E-state index contributed by atoms with van der Waals surface area (Å²) in [5, 5.41) is -2.53. The Bertz CT molecular complexity index is 2890. The third kappa shape index (κ3) is 33.5. The van der Waals surface area contributed by atoms with E-state index in [1.807, 2.05) is 0 Å². The monoisotopic (exact) mass is 1810 g/mol. The Morgan fingerprint density at radius 1 is 0.202 bits per heavy atom. The van der Waals surface area contributed by atoms with Crippen molar-refractivity contribution in [3.8, 4) is 0 Å². The van der Waals surface area contributed by atoms with Gasteiger partial charge in [-0.25, -0.2) is 0 Å². The van der Waals surface area contributed by atoms with Crippen molar-refractivity contribution < 1.29 is 53.8 Å². The van der Waals surface area contributed by atoms with E-state index < -0.39 is 132 Å². The molecule has 0 saturated carbocycles. The molecule has 4 atom stereocenters. The molecular formula is C90H202O12Si12. The number of carbonyl (C=O) groups excluding carboxylic acids is 2. The van der Waals surface area contributed by atoms with Gasteiger partial charge in [-0.3, -0.25) is 9.59 Å². The largest absolute Gasteiger partial charge is 0.520 e. The predicted octanol–water partition coefficient (Wildman–Crippen LogP) is 31.0. The molecule has 0 radical (unpaired) electrons. The van der Waals surface area contributed by atoms with Gasteiger partial charge in [0.1, 0.15) is 0 Å². The van der Waals surface area contributed by atoms with Crippen LogP contribution < -0.4 is 0 Å². The second-order valence-electron chi connectivity index (χ2n) is 49.8. The molecule has 0 fully saturated rings. The maximum atomic E-state index is 12.4. The van der Waals surface area contributed by atoms with Crippen LogP contribution in [0.5, 0.6) is 0 Å². The van der Waals surface area contributed by atoms with Gasteiger partial charge in [-0.15, -0.1) is 0 Å². The predicted molar refractivity (Wildman–Crippen MR) is 532 cm³/mol. The van der Waals surface area contributed by atoms with Crippen molar-refractivity contribution in [1.29, 1.82) is 0 Å². The zero-order valence-corrected chi connectivity index (χ0v) is 98.3. The molecule has 0 saturated heterocycles. The normalized spacial score (nSPS) is 17.2. The van der Waals surface area contributed by atoms with Crippen molar-refractivity contribution in [3.05, 3.63) is 0 Å². The van der Waals surface area contributed by atoms with Crippen LogP contribution >= 0.6 is 0 Å². The zero-order valence-electron chi connectivity index (χ0n) is 86.3. The van der Waals surface area contributed by atoms with Crippen LogP contribution in [0.3, 0.4) is 0 Å². The minimum Gasteiger partial charge on any atom is -0.520 e. The van der Waals surface area contributed by atoms with E-state index in [1.165, 1.54) is 57.8 Å². The van der Waals surface area contributed by atoms with E-state index in [1.54, 1.807) is 0 Å². The molecule has 114 heavy (non-hydrogen) atoms. The molecule has 0 aliphatic heterocycles. The van der Waals surface area contributed by atoms with Gasteiger partial charge in [0.15, 0.2) is 49.9 Å². The third-order valence-electron chi connectivity index (χ3n) is 30.4. The Balaban J connectivity index is 8.14. The van der Waals surface area contributed by atoms with Gasteiger partial charge in [0.05, 0.1) is 49.0 Å².